The molecule has 1 aliphatic heterocycles. The molecular weight excluding hydrogens is 262 g/mol. The monoisotopic (exact) mass is 279 g/mol. The van der Waals surface area contributed by atoms with Gasteiger partial charge >= 0.3 is 0 Å². The van der Waals surface area contributed by atoms with Crippen LogP contribution in [0.4, 0.5) is 0 Å². The summed E-state index contributed by atoms with van der Waals surface area (Å²) in [6, 6.07) is 3.99. The Morgan fingerprint density at radius 1 is 1.32 bits per heavy atom. The minimum absolute atomic E-state index is 0.221. The van der Waals surface area contributed by atoms with Gasteiger partial charge in [0.25, 0.3) is 0 Å². The molecule has 3 heterocycles. The Kier molecular flexibility index (Phi) is 3.06. The lowest BCUT2D eigenvalue weighted by molar-refractivity contribution is 0.536. The summed E-state index contributed by atoms with van der Waals surface area (Å²) in [7, 11) is -2.83. The zero-order valence-electron chi connectivity index (χ0n) is 10.6. The quantitative estimate of drug-likeness (QED) is 0.892. The molecule has 2 N–H and O–H groups in total. The van der Waals surface area contributed by atoms with Crippen LogP contribution in [0.5, 0.6) is 0 Å². The molecule has 2 aromatic rings. The Balaban J connectivity index is 1.97. The standard InChI is InChI=1S/C13H17N3O2S/c14-7-10-1-2-12-8-15-13(16(12)9-10)11-3-5-19(17,18)6-4-11/h1-2,8-9,11H,3-7,14H2. The molecule has 1 fully saturated rings. The molecule has 0 aromatic carbocycles. The van der Waals surface area contributed by atoms with Crippen LogP contribution in [0.25, 0.3) is 5.52 Å². The smallest absolute Gasteiger partial charge is 0.150 e. The summed E-state index contributed by atoms with van der Waals surface area (Å²) in [4.78, 5) is 4.47. The van der Waals surface area contributed by atoms with Crippen molar-refractivity contribution < 1.29 is 8.42 Å². The van der Waals surface area contributed by atoms with Crippen molar-refractivity contribution in [2.45, 2.75) is 25.3 Å². The molecule has 5 nitrogen and oxygen atoms in total. The lowest BCUT2D eigenvalue weighted by Gasteiger charge is -2.21. The van der Waals surface area contributed by atoms with Crippen molar-refractivity contribution in [3.8, 4) is 0 Å². The van der Waals surface area contributed by atoms with Gasteiger partial charge in [-0.15, -0.1) is 0 Å². The zero-order valence-corrected chi connectivity index (χ0v) is 11.4. The van der Waals surface area contributed by atoms with E-state index in [1.165, 1.54) is 0 Å². The molecule has 6 heteroatoms. The van der Waals surface area contributed by atoms with Crippen molar-refractivity contribution in [3.63, 3.8) is 0 Å². The fraction of sp³-hybridized carbons (Fsp3) is 0.462. The first-order valence-electron chi connectivity index (χ1n) is 6.45. The number of nitrogens with two attached hydrogens (primary N) is 1. The molecule has 0 aliphatic carbocycles. The molecule has 0 saturated carbocycles. The van der Waals surface area contributed by atoms with Crippen LogP contribution >= 0.6 is 0 Å². The van der Waals surface area contributed by atoms with Crippen LogP contribution < -0.4 is 5.73 Å². The summed E-state index contributed by atoms with van der Waals surface area (Å²) in [5.41, 5.74) is 7.74. The van der Waals surface area contributed by atoms with E-state index in [9.17, 15) is 8.42 Å². The summed E-state index contributed by atoms with van der Waals surface area (Å²) in [6.45, 7) is 0.493. The highest BCUT2D eigenvalue weighted by Gasteiger charge is 2.27. The summed E-state index contributed by atoms with van der Waals surface area (Å²) >= 11 is 0. The molecule has 1 saturated heterocycles. The molecule has 3 rings (SSSR count). The third kappa shape index (κ3) is 2.37. The molecule has 0 bridgehead atoms. The normalized spacial score (nSPS) is 19.8. The third-order valence-electron chi connectivity index (χ3n) is 3.77. The summed E-state index contributed by atoms with van der Waals surface area (Å²) in [6.07, 6.45) is 5.15. The van der Waals surface area contributed by atoms with E-state index in [1.807, 2.05) is 28.9 Å². The average molecular weight is 279 g/mol. The molecule has 102 valence electrons. The first-order valence-corrected chi connectivity index (χ1v) is 8.27. The minimum atomic E-state index is -2.83. The second-order valence-electron chi connectivity index (χ2n) is 5.08. The lowest BCUT2D eigenvalue weighted by Crippen LogP contribution is -2.23. The van der Waals surface area contributed by atoms with Gasteiger partial charge < -0.3 is 10.1 Å². The summed E-state index contributed by atoms with van der Waals surface area (Å²) in [5.74, 6) is 1.71. The van der Waals surface area contributed by atoms with Crippen LogP contribution in [-0.2, 0) is 16.4 Å². The maximum absolute atomic E-state index is 11.5. The third-order valence-corrected chi connectivity index (χ3v) is 5.49. The molecule has 0 spiro atoms. The second kappa shape index (κ2) is 4.61. The molecule has 1 aliphatic rings. The SMILES string of the molecule is NCc1ccc2cnc(C3CCS(=O)(=O)CC3)n2c1. The number of hydrogen-bond donors (Lipinski definition) is 1. The van der Waals surface area contributed by atoms with Gasteiger partial charge in [0.05, 0.1) is 23.2 Å². The highest BCUT2D eigenvalue weighted by atomic mass is 32.2. The molecule has 2 aromatic heterocycles. The van der Waals surface area contributed by atoms with Crippen LogP contribution in [0.2, 0.25) is 0 Å². The van der Waals surface area contributed by atoms with E-state index in [2.05, 4.69) is 4.98 Å². The molecule has 0 unspecified atom stereocenters. The van der Waals surface area contributed by atoms with Crippen LogP contribution in [0.3, 0.4) is 0 Å². The van der Waals surface area contributed by atoms with Gasteiger partial charge in [-0.2, -0.15) is 0 Å². The molecular formula is C13H17N3O2S. The highest BCUT2D eigenvalue weighted by molar-refractivity contribution is 7.91. The number of nitrogens with zero attached hydrogens (tertiary/aromatic N) is 2. The first kappa shape index (κ1) is 12.6. The van der Waals surface area contributed by atoms with Crippen molar-refractivity contribution in [2.24, 2.45) is 5.73 Å². The predicted octanol–water partition coefficient (Wildman–Crippen LogP) is 1.09. The first-order chi connectivity index (χ1) is 9.09. The van der Waals surface area contributed by atoms with Gasteiger partial charge in [-0.25, -0.2) is 13.4 Å². The molecule has 19 heavy (non-hydrogen) atoms. The Bertz CT molecular complexity index is 692. The number of sulfone groups is 1. The largest absolute Gasteiger partial charge is 0.326 e. The van der Waals surface area contributed by atoms with E-state index in [0.717, 1.165) is 16.9 Å². The van der Waals surface area contributed by atoms with Gasteiger partial charge in [0.1, 0.15) is 15.7 Å². The van der Waals surface area contributed by atoms with Crippen LogP contribution in [0.15, 0.2) is 24.5 Å². The number of imidazole rings is 1. The zero-order chi connectivity index (χ0) is 13.5. The number of rotatable bonds is 2. The van der Waals surface area contributed by atoms with Crippen molar-refractivity contribution >= 4 is 15.4 Å². The van der Waals surface area contributed by atoms with Gasteiger partial charge in [-0.05, 0) is 24.5 Å². The van der Waals surface area contributed by atoms with Gasteiger partial charge in [0.2, 0.25) is 0 Å². The van der Waals surface area contributed by atoms with Gasteiger partial charge in [0, 0.05) is 18.7 Å². The van der Waals surface area contributed by atoms with E-state index in [4.69, 9.17) is 5.73 Å². The minimum Gasteiger partial charge on any atom is -0.326 e. The number of aromatic nitrogens is 2. The Labute approximate surface area is 112 Å². The second-order valence-corrected chi connectivity index (χ2v) is 7.38. The van der Waals surface area contributed by atoms with Crippen molar-refractivity contribution in [3.05, 3.63) is 35.9 Å². The van der Waals surface area contributed by atoms with Crippen molar-refractivity contribution in [1.82, 2.24) is 9.38 Å². The topological polar surface area (TPSA) is 77.5 Å². The number of pyridine rings is 1. The molecule has 0 radical (unpaired) electrons. The van der Waals surface area contributed by atoms with Crippen LogP contribution in [0.1, 0.15) is 30.1 Å². The molecule has 0 atom stereocenters. The van der Waals surface area contributed by atoms with E-state index >= 15 is 0 Å². The fourth-order valence-electron chi connectivity index (χ4n) is 2.63. The Hall–Kier alpha value is -1.40. The van der Waals surface area contributed by atoms with Gasteiger partial charge in [-0.3, -0.25) is 0 Å². The van der Waals surface area contributed by atoms with Crippen molar-refractivity contribution in [2.75, 3.05) is 11.5 Å². The van der Waals surface area contributed by atoms with Crippen molar-refractivity contribution in [1.29, 1.82) is 0 Å². The van der Waals surface area contributed by atoms with Gasteiger partial charge in [-0.1, -0.05) is 6.07 Å². The highest BCUT2D eigenvalue weighted by Crippen LogP contribution is 2.28. The maximum atomic E-state index is 11.5. The Morgan fingerprint density at radius 2 is 2.05 bits per heavy atom. The van der Waals surface area contributed by atoms with E-state index in [0.29, 0.717) is 19.4 Å². The number of fused-ring (bicyclic) bond motifs is 1. The van der Waals surface area contributed by atoms with E-state index in [1.54, 1.807) is 0 Å². The van der Waals surface area contributed by atoms with Gasteiger partial charge in [0.15, 0.2) is 0 Å². The summed E-state index contributed by atoms with van der Waals surface area (Å²) in [5, 5.41) is 0. The van der Waals surface area contributed by atoms with E-state index in [-0.39, 0.29) is 17.4 Å². The maximum Gasteiger partial charge on any atom is 0.150 e. The van der Waals surface area contributed by atoms with Crippen LogP contribution in [0, 0.1) is 0 Å². The fourth-order valence-corrected chi connectivity index (χ4v) is 4.12. The molecule has 0 amide bonds. The van der Waals surface area contributed by atoms with E-state index < -0.39 is 9.84 Å². The number of hydrogen-bond acceptors (Lipinski definition) is 4. The summed E-state index contributed by atoms with van der Waals surface area (Å²) < 4.78 is 25.0. The average Bonchev–Trinajstić information content (AvgIpc) is 2.81. The van der Waals surface area contributed by atoms with Crippen LogP contribution in [-0.4, -0.2) is 29.3 Å². The predicted molar refractivity (Wildman–Crippen MR) is 73.7 cm³/mol. The lowest BCUT2D eigenvalue weighted by atomic mass is 10.0. The Morgan fingerprint density at radius 3 is 2.74 bits per heavy atom.